The van der Waals surface area contributed by atoms with Gasteiger partial charge in [-0.2, -0.15) is 0 Å². The molecule has 2 atom stereocenters. The highest BCUT2D eigenvalue weighted by atomic mass is 16.1. The van der Waals surface area contributed by atoms with Crippen molar-refractivity contribution in [2.75, 3.05) is 0 Å². The van der Waals surface area contributed by atoms with E-state index in [9.17, 15) is 4.79 Å². The fourth-order valence-electron chi connectivity index (χ4n) is 2.43. The van der Waals surface area contributed by atoms with Crippen LogP contribution >= 0.6 is 0 Å². The molecule has 0 bridgehead atoms. The fraction of sp³-hybridized carbons (Fsp3) is 0.462. The Balaban J connectivity index is 2.16. The summed E-state index contributed by atoms with van der Waals surface area (Å²) in [6.07, 6.45) is 3.49. The van der Waals surface area contributed by atoms with Gasteiger partial charge in [0.1, 0.15) is 6.04 Å². The smallest absolute Gasteiger partial charge is 0.275 e. The zero-order valence-corrected chi connectivity index (χ0v) is 9.65. The molecule has 0 fully saturated rings. The predicted molar refractivity (Wildman–Crippen MR) is 62.7 cm³/mol. The number of fused-ring (bicyclic) bond motifs is 1. The van der Waals surface area contributed by atoms with Crippen LogP contribution in [0.4, 0.5) is 0 Å². The van der Waals surface area contributed by atoms with E-state index in [1.54, 1.807) is 0 Å². The van der Waals surface area contributed by atoms with Crippen LogP contribution in [0.15, 0.2) is 24.3 Å². The minimum atomic E-state index is -0.233. The van der Waals surface area contributed by atoms with Crippen molar-refractivity contribution in [1.82, 2.24) is 0 Å². The molecule has 0 aromatic heterocycles. The van der Waals surface area contributed by atoms with Crippen molar-refractivity contribution in [2.24, 2.45) is 5.73 Å². The summed E-state index contributed by atoms with van der Waals surface area (Å²) in [6.45, 7) is 1.87. The molecule has 4 N–H and O–H groups in total. The van der Waals surface area contributed by atoms with Gasteiger partial charge in [0, 0.05) is 12.0 Å². The molecule has 1 aliphatic rings. The monoisotopic (exact) mass is 219 g/mol. The lowest BCUT2D eigenvalue weighted by atomic mass is 9.87. The first kappa shape index (κ1) is 11.1. The highest BCUT2D eigenvalue weighted by Crippen LogP contribution is 2.26. The molecule has 1 amide bonds. The predicted octanol–water partition coefficient (Wildman–Crippen LogP) is 0.501. The first-order valence-electron chi connectivity index (χ1n) is 5.90. The summed E-state index contributed by atoms with van der Waals surface area (Å²) >= 11 is 0. The molecule has 1 aliphatic carbocycles. The molecule has 1 aromatic rings. The van der Waals surface area contributed by atoms with Crippen LogP contribution in [0, 0.1) is 0 Å². The van der Waals surface area contributed by atoms with Gasteiger partial charge in [-0.25, -0.2) is 0 Å². The van der Waals surface area contributed by atoms with E-state index in [1.807, 2.05) is 6.92 Å². The summed E-state index contributed by atoms with van der Waals surface area (Å²) in [5.74, 6) is -0.233. The molecule has 0 saturated heterocycles. The highest BCUT2D eigenvalue weighted by Gasteiger charge is 2.25. The number of amides is 1. The minimum absolute atomic E-state index is 0.142. The van der Waals surface area contributed by atoms with E-state index in [-0.39, 0.29) is 11.9 Å². The van der Waals surface area contributed by atoms with E-state index in [2.05, 4.69) is 29.6 Å². The summed E-state index contributed by atoms with van der Waals surface area (Å²) in [4.78, 5) is 11.1. The van der Waals surface area contributed by atoms with Gasteiger partial charge in [0.25, 0.3) is 5.91 Å². The summed E-state index contributed by atoms with van der Waals surface area (Å²) in [7, 11) is 0. The molecule has 0 unspecified atom stereocenters. The Labute approximate surface area is 96.0 Å². The molecule has 3 heteroatoms. The van der Waals surface area contributed by atoms with Crippen molar-refractivity contribution in [3.8, 4) is 0 Å². The Bertz CT molecular complexity index is 389. The SMILES string of the molecule is C[C@H]([NH2+][C@@H]1CCCc2ccccc21)C(N)=O. The number of quaternary nitrogens is 1. The minimum Gasteiger partial charge on any atom is -0.365 e. The zero-order chi connectivity index (χ0) is 11.5. The summed E-state index contributed by atoms with van der Waals surface area (Å²) in [5.41, 5.74) is 8.10. The van der Waals surface area contributed by atoms with E-state index in [4.69, 9.17) is 5.73 Å². The third-order valence-corrected chi connectivity index (χ3v) is 3.39. The lowest BCUT2D eigenvalue weighted by Crippen LogP contribution is -2.92. The second-order valence-electron chi connectivity index (χ2n) is 4.58. The topological polar surface area (TPSA) is 59.7 Å². The van der Waals surface area contributed by atoms with E-state index in [0.717, 1.165) is 12.8 Å². The average Bonchev–Trinajstić information content (AvgIpc) is 2.29. The van der Waals surface area contributed by atoms with Crippen LogP contribution < -0.4 is 11.1 Å². The Morgan fingerprint density at radius 2 is 2.25 bits per heavy atom. The molecular formula is C13H19N2O+. The number of rotatable bonds is 3. The molecule has 16 heavy (non-hydrogen) atoms. The maximum Gasteiger partial charge on any atom is 0.275 e. The molecule has 0 spiro atoms. The Hall–Kier alpha value is -1.35. The van der Waals surface area contributed by atoms with Gasteiger partial charge in [-0.1, -0.05) is 24.3 Å². The third kappa shape index (κ3) is 2.25. The summed E-state index contributed by atoms with van der Waals surface area (Å²) in [5, 5.41) is 2.10. The van der Waals surface area contributed by atoms with Gasteiger partial charge in [-0.3, -0.25) is 4.79 Å². The van der Waals surface area contributed by atoms with Crippen LogP contribution in [0.2, 0.25) is 0 Å². The molecule has 0 aliphatic heterocycles. The number of primary amides is 1. The van der Waals surface area contributed by atoms with E-state index >= 15 is 0 Å². The van der Waals surface area contributed by atoms with Gasteiger partial charge >= 0.3 is 0 Å². The van der Waals surface area contributed by atoms with Crippen LogP contribution in [-0.4, -0.2) is 11.9 Å². The van der Waals surface area contributed by atoms with Crippen LogP contribution in [0.3, 0.4) is 0 Å². The summed E-state index contributed by atoms with van der Waals surface area (Å²) in [6, 6.07) is 8.76. The molecule has 0 saturated carbocycles. The molecule has 2 rings (SSSR count). The molecule has 0 heterocycles. The number of nitrogens with two attached hydrogens (primary N) is 2. The zero-order valence-electron chi connectivity index (χ0n) is 9.65. The molecule has 3 nitrogen and oxygen atoms in total. The normalized spacial score (nSPS) is 21.2. The van der Waals surface area contributed by atoms with Crippen molar-refractivity contribution in [1.29, 1.82) is 0 Å². The lowest BCUT2D eigenvalue weighted by Gasteiger charge is -2.25. The molecular weight excluding hydrogens is 200 g/mol. The largest absolute Gasteiger partial charge is 0.365 e. The molecule has 86 valence electrons. The van der Waals surface area contributed by atoms with Gasteiger partial charge in [0.15, 0.2) is 6.04 Å². The van der Waals surface area contributed by atoms with Gasteiger partial charge in [-0.05, 0) is 25.3 Å². The van der Waals surface area contributed by atoms with Crippen molar-refractivity contribution in [3.05, 3.63) is 35.4 Å². The van der Waals surface area contributed by atoms with Crippen LogP contribution in [0.25, 0.3) is 0 Å². The van der Waals surface area contributed by atoms with E-state index < -0.39 is 0 Å². The maximum atomic E-state index is 11.1. The van der Waals surface area contributed by atoms with Gasteiger partial charge in [0.05, 0.1) is 0 Å². The van der Waals surface area contributed by atoms with Crippen LogP contribution in [-0.2, 0) is 11.2 Å². The van der Waals surface area contributed by atoms with Crippen LogP contribution in [0.1, 0.15) is 36.9 Å². The number of carbonyl (C=O) groups is 1. The Kier molecular flexibility index (Phi) is 3.25. The molecule has 1 aromatic carbocycles. The number of hydrogen-bond donors (Lipinski definition) is 2. The van der Waals surface area contributed by atoms with Crippen molar-refractivity contribution in [3.63, 3.8) is 0 Å². The highest BCUT2D eigenvalue weighted by molar-refractivity contribution is 5.77. The third-order valence-electron chi connectivity index (χ3n) is 3.39. The number of carbonyl (C=O) groups excluding carboxylic acids is 1. The van der Waals surface area contributed by atoms with Crippen molar-refractivity contribution >= 4 is 5.91 Å². The second kappa shape index (κ2) is 4.66. The summed E-state index contributed by atoms with van der Waals surface area (Å²) < 4.78 is 0. The Morgan fingerprint density at radius 1 is 1.50 bits per heavy atom. The lowest BCUT2D eigenvalue weighted by molar-refractivity contribution is -0.714. The number of benzene rings is 1. The van der Waals surface area contributed by atoms with Gasteiger partial charge in [-0.15, -0.1) is 0 Å². The maximum absolute atomic E-state index is 11.1. The first-order chi connectivity index (χ1) is 7.68. The first-order valence-corrected chi connectivity index (χ1v) is 5.90. The van der Waals surface area contributed by atoms with E-state index in [1.165, 1.54) is 17.5 Å². The van der Waals surface area contributed by atoms with Crippen molar-refractivity contribution in [2.45, 2.75) is 38.3 Å². The van der Waals surface area contributed by atoms with Gasteiger partial charge < -0.3 is 11.1 Å². The standard InChI is InChI=1S/C13H18N2O/c1-9(13(14)16)15-12-8-4-6-10-5-2-3-7-11(10)12/h2-3,5,7,9,12,15H,4,6,8H2,1H3,(H2,14,16)/p+1/t9-,12+/m0/s1. The number of hydrogen-bond acceptors (Lipinski definition) is 1. The number of aryl methyl sites for hydroxylation is 1. The quantitative estimate of drug-likeness (QED) is 0.764. The van der Waals surface area contributed by atoms with Crippen molar-refractivity contribution < 1.29 is 10.1 Å². The van der Waals surface area contributed by atoms with Crippen LogP contribution in [0.5, 0.6) is 0 Å². The average molecular weight is 219 g/mol. The second-order valence-corrected chi connectivity index (χ2v) is 4.58. The van der Waals surface area contributed by atoms with E-state index in [0.29, 0.717) is 6.04 Å². The van der Waals surface area contributed by atoms with Gasteiger partial charge in [0.2, 0.25) is 0 Å². The molecule has 0 radical (unpaired) electrons. The Morgan fingerprint density at radius 3 is 3.00 bits per heavy atom. The fourth-order valence-corrected chi connectivity index (χ4v) is 2.43.